The van der Waals surface area contributed by atoms with E-state index in [1.165, 1.54) is 22.5 Å². The Balaban J connectivity index is 1.45. The summed E-state index contributed by atoms with van der Waals surface area (Å²) in [6, 6.07) is 14.5. The minimum absolute atomic E-state index is 0.160. The Kier molecular flexibility index (Phi) is 4.97. The molecular weight excluding hydrogens is 457 g/mol. The summed E-state index contributed by atoms with van der Waals surface area (Å²) in [5.41, 5.74) is 2.81. The van der Waals surface area contributed by atoms with Crippen LogP contribution in [0.3, 0.4) is 0 Å². The van der Waals surface area contributed by atoms with Crippen molar-refractivity contribution in [2.75, 3.05) is 25.5 Å². The van der Waals surface area contributed by atoms with Crippen LogP contribution in [0.25, 0.3) is 5.69 Å². The minimum atomic E-state index is -3.66. The molecule has 2 aromatic carbocycles. The number of hydrogen-bond acceptors (Lipinski definition) is 4. The molecular formula is C22H21Cl2N3O3S. The molecule has 6 nitrogen and oxygen atoms in total. The Bertz CT molecular complexity index is 1260. The largest absolute Gasteiger partial charge is 0.497 e. The number of hydrogen-bond donors (Lipinski definition) is 1. The number of piperidine rings is 1. The molecule has 5 rings (SSSR count). The fourth-order valence-electron chi connectivity index (χ4n) is 4.53. The van der Waals surface area contributed by atoms with Gasteiger partial charge >= 0.3 is 0 Å². The van der Waals surface area contributed by atoms with E-state index in [2.05, 4.69) is 16.0 Å². The number of anilines is 1. The lowest BCUT2D eigenvalue weighted by molar-refractivity contribution is 0.247. The maximum atomic E-state index is 13.2. The Morgan fingerprint density at radius 1 is 1.03 bits per heavy atom. The molecule has 0 bridgehead atoms. The van der Waals surface area contributed by atoms with Gasteiger partial charge in [0.25, 0.3) is 0 Å². The number of halogens is 2. The van der Waals surface area contributed by atoms with E-state index < -0.39 is 10.0 Å². The lowest BCUT2D eigenvalue weighted by Crippen LogP contribution is -2.50. The highest BCUT2D eigenvalue weighted by atomic mass is 35.5. The predicted molar refractivity (Wildman–Crippen MR) is 122 cm³/mol. The number of benzene rings is 2. The Morgan fingerprint density at radius 2 is 1.81 bits per heavy atom. The summed E-state index contributed by atoms with van der Waals surface area (Å²) < 4.78 is 35.5. The minimum Gasteiger partial charge on any atom is -0.497 e. The van der Waals surface area contributed by atoms with Crippen LogP contribution in [0, 0.1) is 0 Å². The number of nitrogens with one attached hydrogen (secondary N) is 1. The molecule has 1 saturated heterocycles. The van der Waals surface area contributed by atoms with E-state index >= 15 is 0 Å². The lowest BCUT2D eigenvalue weighted by atomic mass is 9.83. The van der Waals surface area contributed by atoms with E-state index in [4.69, 9.17) is 27.9 Å². The average Bonchev–Trinajstić information content (AvgIpc) is 3.27. The number of ether oxygens (including phenoxy) is 1. The van der Waals surface area contributed by atoms with Crippen LogP contribution in [-0.4, -0.2) is 37.5 Å². The summed E-state index contributed by atoms with van der Waals surface area (Å²) >= 11 is 12.0. The van der Waals surface area contributed by atoms with Crippen LogP contribution in [0.5, 0.6) is 5.75 Å². The van der Waals surface area contributed by atoms with Gasteiger partial charge in [0.05, 0.1) is 39.0 Å². The second-order valence-corrected chi connectivity index (χ2v) is 10.6. The third-order valence-electron chi connectivity index (χ3n) is 6.18. The highest BCUT2D eigenvalue weighted by Gasteiger charge is 2.44. The molecule has 0 aliphatic carbocycles. The van der Waals surface area contributed by atoms with Crippen LogP contribution in [0.2, 0.25) is 10.0 Å². The third kappa shape index (κ3) is 3.31. The van der Waals surface area contributed by atoms with Gasteiger partial charge in [-0.2, -0.15) is 4.31 Å². The molecule has 162 valence electrons. The summed E-state index contributed by atoms with van der Waals surface area (Å²) in [7, 11) is -2.01. The molecule has 1 aromatic heterocycles. The van der Waals surface area contributed by atoms with Crippen LogP contribution < -0.4 is 10.1 Å². The summed E-state index contributed by atoms with van der Waals surface area (Å²) in [5, 5.41) is 4.26. The number of nitrogens with zero attached hydrogens (tertiary/aromatic N) is 2. The molecule has 9 heteroatoms. The van der Waals surface area contributed by atoms with Crippen molar-refractivity contribution < 1.29 is 13.2 Å². The van der Waals surface area contributed by atoms with E-state index in [1.54, 1.807) is 7.11 Å². The molecule has 1 spiro atoms. The Hall–Kier alpha value is -2.19. The fourth-order valence-corrected chi connectivity index (χ4v) is 6.36. The van der Waals surface area contributed by atoms with Crippen LogP contribution in [0.1, 0.15) is 18.5 Å². The van der Waals surface area contributed by atoms with Crippen LogP contribution >= 0.6 is 23.2 Å². The standard InChI is InChI=1S/C22H21Cl2N3O3S/c1-30-15-4-7-20-19(13-15)25-22(21-3-2-10-27(20)21)8-11-26(12-9-22)31(28,29)16-5-6-17(23)18(24)14-16/h2-7,10,13-14,25H,8-9,11-12H2,1H3. The molecule has 31 heavy (non-hydrogen) atoms. The van der Waals surface area contributed by atoms with Gasteiger partial charge in [0.2, 0.25) is 10.0 Å². The number of sulfonamides is 1. The van der Waals surface area contributed by atoms with Crippen molar-refractivity contribution >= 4 is 38.9 Å². The average molecular weight is 478 g/mol. The topological polar surface area (TPSA) is 63.6 Å². The molecule has 0 atom stereocenters. The Morgan fingerprint density at radius 3 is 2.52 bits per heavy atom. The van der Waals surface area contributed by atoms with E-state index in [1.807, 2.05) is 30.5 Å². The molecule has 0 saturated carbocycles. The zero-order valence-electron chi connectivity index (χ0n) is 16.8. The Labute approximate surface area is 191 Å². The van der Waals surface area contributed by atoms with Crippen molar-refractivity contribution in [3.63, 3.8) is 0 Å². The molecule has 0 amide bonds. The molecule has 2 aliphatic rings. The third-order valence-corrected chi connectivity index (χ3v) is 8.81. The van der Waals surface area contributed by atoms with E-state index in [0.717, 1.165) is 22.8 Å². The van der Waals surface area contributed by atoms with E-state index in [-0.39, 0.29) is 15.5 Å². The summed E-state index contributed by atoms with van der Waals surface area (Å²) in [5.74, 6) is 0.775. The van der Waals surface area contributed by atoms with Crippen molar-refractivity contribution in [2.24, 2.45) is 0 Å². The maximum Gasteiger partial charge on any atom is 0.243 e. The fraction of sp³-hybridized carbons (Fsp3) is 0.273. The van der Waals surface area contributed by atoms with Gasteiger partial charge in [-0.1, -0.05) is 23.2 Å². The number of aromatic nitrogens is 1. The van der Waals surface area contributed by atoms with Gasteiger partial charge in [0.15, 0.2) is 0 Å². The highest BCUT2D eigenvalue weighted by molar-refractivity contribution is 7.89. The van der Waals surface area contributed by atoms with Gasteiger partial charge in [-0.05, 0) is 55.3 Å². The first-order chi connectivity index (χ1) is 14.8. The van der Waals surface area contributed by atoms with Crippen molar-refractivity contribution in [3.8, 4) is 11.4 Å². The second kappa shape index (κ2) is 7.45. The van der Waals surface area contributed by atoms with E-state index in [0.29, 0.717) is 31.0 Å². The van der Waals surface area contributed by atoms with Crippen LogP contribution in [0.15, 0.2) is 59.6 Å². The van der Waals surface area contributed by atoms with Crippen molar-refractivity contribution in [1.82, 2.24) is 8.87 Å². The molecule has 0 unspecified atom stereocenters. The summed E-state index contributed by atoms with van der Waals surface area (Å²) in [6.45, 7) is 0.778. The zero-order valence-corrected chi connectivity index (χ0v) is 19.1. The van der Waals surface area contributed by atoms with Crippen LogP contribution in [0.4, 0.5) is 5.69 Å². The van der Waals surface area contributed by atoms with Gasteiger partial charge in [-0.3, -0.25) is 0 Å². The quantitative estimate of drug-likeness (QED) is 0.582. The SMILES string of the molecule is COc1ccc2c(c1)NC1(CCN(S(=O)(=O)c3ccc(Cl)c(Cl)c3)CC1)c1cccn1-2. The maximum absolute atomic E-state index is 13.2. The van der Waals surface area contributed by atoms with Gasteiger partial charge in [0, 0.05) is 31.0 Å². The lowest BCUT2D eigenvalue weighted by Gasteiger charge is -2.46. The van der Waals surface area contributed by atoms with Gasteiger partial charge in [-0.15, -0.1) is 0 Å². The monoisotopic (exact) mass is 477 g/mol. The number of rotatable bonds is 3. The predicted octanol–water partition coefficient (Wildman–Crippen LogP) is 4.90. The highest BCUT2D eigenvalue weighted by Crippen LogP contribution is 2.45. The second-order valence-electron chi connectivity index (χ2n) is 7.83. The van der Waals surface area contributed by atoms with E-state index in [9.17, 15) is 8.42 Å². The number of fused-ring (bicyclic) bond motifs is 4. The van der Waals surface area contributed by atoms with Crippen molar-refractivity contribution in [1.29, 1.82) is 0 Å². The molecule has 3 heterocycles. The molecule has 2 aliphatic heterocycles. The first-order valence-corrected chi connectivity index (χ1v) is 12.1. The van der Waals surface area contributed by atoms with Gasteiger partial charge in [-0.25, -0.2) is 8.42 Å². The molecule has 3 aromatic rings. The molecule has 1 N–H and O–H groups in total. The first-order valence-electron chi connectivity index (χ1n) is 9.94. The van der Waals surface area contributed by atoms with Crippen LogP contribution in [-0.2, 0) is 15.6 Å². The normalized spacial score (nSPS) is 17.6. The molecule has 0 radical (unpaired) electrons. The summed E-state index contributed by atoms with van der Waals surface area (Å²) in [4.78, 5) is 0.160. The molecule has 1 fully saturated rings. The van der Waals surface area contributed by atoms with Gasteiger partial charge < -0.3 is 14.6 Å². The first kappa shape index (κ1) is 20.7. The summed E-state index contributed by atoms with van der Waals surface area (Å²) in [6.07, 6.45) is 3.31. The van der Waals surface area contributed by atoms with Crippen molar-refractivity contribution in [2.45, 2.75) is 23.3 Å². The van der Waals surface area contributed by atoms with Gasteiger partial charge in [0.1, 0.15) is 5.75 Å². The number of methoxy groups -OCH3 is 1. The smallest absolute Gasteiger partial charge is 0.243 e. The van der Waals surface area contributed by atoms with Crippen molar-refractivity contribution in [3.05, 3.63) is 70.5 Å². The zero-order chi connectivity index (χ0) is 21.8.